The molecule has 3 aromatic rings. The van der Waals surface area contributed by atoms with Gasteiger partial charge in [0, 0.05) is 6.42 Å². The minimum absolute atomic E-state index is 0.0476. The van der Waals surface area contributed by atoms with Crippen LogP contribution in [0.2, 0.25) is 0 Å². The van der Waals surface area contributed by atoms with Gasteiger partial charge in [-0.05, 0) is 23.6 Å². The van der Waals surface area contributed by atoms with Crippen LogP contribution in [0.3, 0.4) is 0 Å². The second-order valence-electron chi connectivity index (χ2n) is 10.0. The summed E-state index contributed by atoms with van der Waals surface area (Å²) in [6, 6.07) is 26.9. The molecule has 0 unspecified atom stereocenters. The van der Waals surface area contributed by atoms with E-state index in [0.29, 0.717) is 6.42 Å². The summed E-state index contributed by atoms with van der Waals surface area (Å²) in [4.78, 5) is 53.4. The van der Waals surface area contributed by atoms with Gasteiger partial charge in [-0.25, -0.2) is 4.79 Å². The number of nitrogens with zero attached hydrogens (tertiary/aromatic N) is 3. The van der Waals surface area contributed by atoms with Crippen molar-refractivity contribution in [2.45, 2.75) is 47.6 Å². The van der Waals surface area contributed by atoms with Gasteiger partial charge in [-0.3, -0.25) is 9.59 Å². The minimum atomic E-state index is -1.14. The first-order valence-corrected chi connectivity index (χ1v) is 13.3. The molecule has 38 heavy (non-hydrogen) atoms. The van der Waals surface area contributed by atoms with E-state index >= 15 is 0 Å². The molecule has 2 heterocycles. The lowest BCUT2D eigenvalue weighted by atomic mass is 9.98. The number of fused-ring (bicyclic) bond motifs is 3. The Hall–Kier alpha value is -3.98. The van der Waals surface area contributed by atoms with Crippen molar-refractivity contribution in [1.29, 1.82) is 0 Å². The van der Waals surface area contributed by atoms with Crippen LogP contribution in [0.1, 0.15) is 36.1 Å². The number of benzene rings is 3. The van der Waals surface area contributed by atoms with Crippen molar-refractivity contribution >= 4 is 29.5 Å². The number of rotatable bonds is 8. The fraction of sp³-hybridized carbons (Fsp3) is 0.276. The fourth-order valence-corrected chi connectivity index (χ4v) is 7.62. The van der Waals surface area contributed by atoms with E-state index < -0.39 is 45.6 Å². The first-order valence-electron chi connectivity index (χ1n) is 12.4. The van der Waals surface area contributed by atoms with Crippen molar-refractivity contribution in [2.24, 2.45) is 5.29 Å². The molecule has 0 radical (unpaired) electrons. The standard InChI is InChI=1S/C29H25N3O5S/c1-28-18-29(28,27(35)37-24(20-13-7-3-8-14-20)21-15-9-4-10-16-21)31-25(34)23(26(31)38-28)32(30-36)22(33)17-19-11-5-2-6-12-19/h2-16,23-24,26H,17-18H2,1H3/t23-,26-,28+,29+/m1/s1. The van der Waals surface area contributed by atoms with Gasteiger partial charge >= 0.3 is 5.97 Å². The molecule has 3 aliphatic rings. The zero-order valence-corrected chi connectivity index (χ0v) is 21.4. The first-order chi connectivity index (χ1) is 18.4. The third-order valence-corrected chi connectivity index (χ3v) is 9.43. The molecule has 2 saturated heterocycles. The van der Waals surface area contributed by atoms with E-state index in [9.17, 15) is 19.3 Å². The van der Waals surface area contributed by atoms with E-state index in [2.05, 4.69) is 5.29 Å². The van der Waals surface area contributed by atoms with Crippen molar-refractivity contribution < 1.29 is 19.1 Å². The number of carbonyl (C=O) groups is 3. The number of hydrogen-bond acceptors (Lipinski definition) is 7. The number of ether oxygens (including phenoxy) is 1. The van der Waals surface area contributed by atoms with Crippen LogP contribution in [0.5, 0.6) is 0 Å². The molecular weight excluding hydrogens is 502 g/mol. The summed E-state index contributed by atoms with van der Waals surface area (Å²) in [5.41, 5.74) is 1.22. The summed E-state index contributed by atoms with van der Waals surface area (Å²) in [5.74, 6) is -1.50. The van der Waals surface area contributed by atoms with Crippen molar-refractivity contribution in [3.05, 3.63) is 113 Å². The molecule has 2 aliphatic heterocycles. The summed E-state index contributed by atoms with van der Waals surface area (Å²) in [6.07, 6.45) is -0.240. The zero-order valence-electron chi connectivity index (χ0n) is 20.6. The van der Waals surface area contributed by atoms with Crippen LogP contribution in [0.4, 0.5) is 0 Å². The topological polar surface area (TPSA) is 96.3 Å². The van der Waals surface area contributed by atoms with E-state index in [4.69, 9.17) is 4.74 Å². The summed E-state index contributed by atoms with van der Waals surface area (Å²) in [5, 5.41) is 3.13. The van der Waals surface area contributed by atoms with Crippen LogP contribution in [0, 0.1) is 4.91 Å². The van der Waals surface area contributed by atoms with Crippen LogP contribution in [-0.2, 0) is 25.5 Å². The summed E-state index contributed by atoms with van der Waals surface area (Å²) in [7, 11) is 0. The Bertz CT molecular complexity index is 1370. The molecule has 1 aliphatic carbocycles. The SMILES string of the molecule is C[C@]12C[C@@]1(C(=O)OC(c1ccccc1)c1ccccc1)N1C(=O)[C@@H](N(N=O)C(=O)Cc3ccccc3)[C@H]1S2. The Morgan fingerprint density at radius 1 is 1.00 bits per heavy atom. The highest BCUT2D eigenvalue weighted by atomic mass is 32.2. The zero-order chi connectivity index (χ0) is 26.5. The van der Waals surface area contributed by atoms with E-state index in [0.717, 1.165) is 21.7 Å². The van der Waals surface area contributed by atoms with Gasteiger partial charge in [-0.2, -0.15) is 5.01 Å². The van der Waals surface area contributed by atoms with Gasteiger partial charge in [0.1, 0.15) is 5.37 Å². The summed E-state index contributed by atoms with van der Waals surface area (Å²) >= 11 is 1.43. The van der Waals surface area contributed by atoms with Crippen LogP contribution in [0.15, 0.2) is 96.3 Å². The highest BCUT2D eigenvalue weighted by molar-refractivity contribution is 8.02. The predicted octanol–water partition coefficient (Wildman–Crippen LogP) is 4.26. The molecule has 0 aromatic heterocycles. The van der Waals surface area contributed by atoms with Gasteiger partial charge in [0.25, 0.3) is 11.8 Å². The van der Waals surface area contributed by atoms with E-state index in [1.165, 1.54) is 16.7 Å². The number of carbonyl (C=O) groups excluding carboxylic acids is 3. The van der Waals surface area contributed by atoms with Gasteiger partial charge in [-0.15, -0.1) is 16.7 Å². The maximum atomic E-state index is 13.8. The summed E-state index contributed by atoms with van der Waals surface area (Å²) < 4.78 is 5.58. The van der Waals surface area contributed by atoms with Gasteiger partial charge in [-0.1, -0.05) is 91.0 Å². The van der Waals surface area contributed by atoms with Crippen molar-refractivity contribution in [1.82, 2.24) is 9.91 Å². The lowest BCUT2D eigenvalue weighted by Crippen LogP contribution is -2.72. The fourth-order valence-electron chi connectivity index (χ4n) is 5.66. The Kier molecular flexibility index (Phi) is 5.83. The molecule has 9 heteroatoms. The number of nitroso groups, excluding NO2 is 1. The monoisotopic (exact) mass is 527 g/mol. The third-order valence-electron chi connectivity index (χ3n) is 7.72. The number of β-lactam (4-membered cyclic amide) rings is 1. The van der Waals surface area contributed by atoms with Gasteiger partial charge in [0.05, 0.1) is 16.5 Å². The van der Waals surface area contributed by atoms with Crippen LogP contribution < -0.4 is 0 Å². The van der Waals surface area contributed by atoms with Crippen molar-refractivity contribution in [3.63, 3.8) is 0 Å². The number of thioether (sulfide) groups is 1. The summed E-state index contributed by atoms with van der Waals surface area (Å²) in [6.45, 7) is 1.92. The van der Waals surface area contributed by atoms with Gasteiger partial charge < -0.3 is 9.64 Å². The molecular formula is C29H25N3O5S. The van der Waals surface area contributed by atoms with E-state index in [-0.39, 0.29) is 6.42 Å². The number of hydrogen-bond donors (Lipinski definition) is 0. The lowest BCUT2D eigenvalue weighted by Gasteiger charge is -2.47. The highest BCUT2D eigenvalue weighted by Crippen LogP contribution is 2.72. The van der Waals surface area contributed by atoms with E-state index in [1.807, 2.05) is 73.7 Å². The lowest BCUT2D eigenvalue weighted by molar-refractivity contribution is -0.174. The number of amides is 2. The minimum Gasteiger partial charge on any atom is -0.451 e. The Morgan fingerprint density at radius 2 is 1.55 bits per heavy atom. The molecule has 8 nitrogen and oxygen atoms in total. The molecule has 192 valence electrons. The molecule has 3 aromatic carbocycles. The molecule has 0 bridgehead atoms. The maximum absolute atomic E-state index is 13.8. The molecule has 3 fully saturated rings. The Balaban J connectivity index is 1.24. The smallest absolute Gasteiger partial charge is 0.334 e. The average Bonchev–Trinajstić information content (AvgIpc) is 3.48. The van der Waals surface area contributed by atoms with Gasteiger partial charge in [0.2, 0.25) is 0 Å². The molecule has 0 spiro atoms. The highest BCUT2D eigenvalue weighted by Gasteiger charge is 2.86. The molecule has 4 atom stereocenters. The van der Waals surface area contributed by atoms with Crippen molar-refractivity contribution in [3.8, 4) is 0 Å². The normalized spacial score (nSPS) is 26.7. The largest absolute Gasteiger partial charge is 0.451 e. The second-order valence-corrected chi connectivity index (χ2v) is 11.6. The van der Waals surface area contributed by atoms with Crippen LogP contribution >= 0.6 is 11.8 Å². The predicted molar refractivity (Wildman–Crippen MR) is 141 cm³/mol. The first kappa shape index (κ1) is 24.4. The number of esters is 1. The quantitative estimate of drug-likeness (QED) is 0.188. The van der Waals surface area contributed by atoms with Crippen molar-refractivity contribution in [2.75, 3.05) is 0 Å². The van der Waals surface area contributed by atoms with E-state index in [1.54, 1.807) is 24.3 Å². The maximum Gasteiger partial charge on any atom is 0.334 e. The molecule has 0 N–H and O–H groups in total. The van der Waals surface area contributed by atoms with Gasteiger partial charge in [0.15, 0.2) is 17.7 Å². The molecule has 2 amide bonds. The third kappa shape index (κ3) is 3.64. The average molecular weight is 528 g/mol. The molecule has 6 rings (SSSR count). The van der Waals surface area contributed by atoms with Crippen LogP contribution in [-0.4, -0.2) is 49.4 Å². The molecule has 1 saturated carbocycles. The van der Waals surface area contributed by atoms with Crippen LogP contribution in [0.25, 0.3) is 0 Å². The Labute approximate surface area is 223 Å². The second kappa shape index (κ2) is 9.09. The Morgan fingerprint density at radius 3 is 2.11 bits per heavy atom.